The van der Waals surface area contributed by atoms with Crippen molar-refractivity contribution in [1.82, 2.24) is 0 Å². The van der Waals surface area contributed by atoms with Crippen LogP contribution in [0.25, 0.3) is 0 Å². The number of ether oxygens (including phenoxy) is 1. The van der Waals surface area contributed by atoms with E-state index in [1.54, 1.807) is 0 Å². The molecule has 0 aliphatic rings. The predicted molar refractivity (Wildman–Crippen MR) is 97.1 cm³/mol. The average molecular weight is 389 g/mol. The number of nitrogens with two attached hydrogens (primary N) is 1. The number of anilines is 1. The van der Waals surface area contributed by atoms with Crippen LogP contribution in [-0.4, -0.2) is 25.7 Å². The topological polar surface area (TPSA) is 59.6 Å². The summed E-state index contributed by atoms with van der Waals surface area (Å²) < 4.78 is 5.35. The van der Waals surface area contributed by atoms with E-state index in [0.717, 1.165) is 12.1 Å². The van der Waals surface area contributed by atoms with E-state index in [-0.39, 0.29) is 24.0 Å². The van der Waals surface area contributed by atoms with Crippen molar-refractivity contribution in [2.75, 3.05) is 25.1 Å². The number of nitrogens with zero attached hydrogens (tertiary/aromatic N) is 1. The van der Waals surface area contributed by atoms with E-state index in [9.17, 15) is 0 Å². The van der Waals surface area contributed by atoms with Gasteiger partial charge in [-0.15, -0.1) is 30.6 Å². The quantitative estimate of drug-likeness (QED) is 0.248. The first-order chi connectivity index (χ1) is 9.11. The number of benzene rings is 1. The van der Waals surface area contributed by atoms with E-state index >= 15 is 0 Å². The summed E-state index contributed by atoms with van der Waals surface area (Å²) in [5.41, 5.74) is 9.17. The molecule has 0 unspecified atom stereocenters. The van der Waals surface area contributed by atoms with Crippen LogP contribution in [0.2, 0.25) is 0 Å². The Morgan fingerprint density at radius 3 is 2.55 bits per heavy atom. The molecule has 0 fully saturated rings. The van der Waals surface area contributed by atoms with Gasteiger partial charge in [0, 0.05) is 5.69 Å². The molecule has 4 nitrogen and oxygen atoms in total. The van der Waals surface area contributed by atoms with Gasteiger partial charge in [-0.05, 0) is 43.5 Å². The van der Waals surface area contributed by atoms with Gasteiger partial charge in [-0.1, -0.05) is 12.1 Å². The molecular weight excluding hydrogens is 365 g/mol. The Bertz CT molecular complexity index is 426. The third kappa shape index (κ3) is 8.16. The fourth-order valence-corrected chi connectivity index (χ4v) is 1.73. The summed E-state index contributed by atoms with van der Waals surface area (Å²) in [5, 5.41) is 3.08. The van der Waals surface area contributed by atoms with Crippen molar-refractivity contribution in [3.8, 4) is 0 Å². The molecule has 0 atom stereocenters. The molecule has 0 aromatic heterocycles. The van der Waals surface area contributed by atoms with Crippen LogP contribution in [0.5, 0.6) is 0 Å². The van der Waals surface area contributed by atoms with Gasteiger partial charge in [0.2, 0.25) is 0 Å². The minimum absolute atomic E-state index is 0. The van der Waals surface area contributed by atoms with Gasteiger partial charge in [-0.3, -0.25) is 4.99 Å². The molecule has 5 heteroatoms. The zero-order valence-corrected chi connectivity index (χ0v) is 14.5. The number of aryl methyl sites for hydroxylation is 2. The molecule has 20 heavy (non-hydrogen) atoms. The highest BCUT2D eigenvalue weighted by Gasteiger charge is 1.97. The van der Waals surface area contributed by atoms with Gasteiger partial charge in [0.05, 0.1) is 19.8 Å². The Balaban J connectivity index is 0.00000361. The average Bonchev–Trinajstić information content (AvgIpc) is 2.32. The van der Waals surface area contributed by atoms with E-state index < -0.39 is 0 Å². The summed E-state index contributed by atoms with van der Waals surface area (Å²) in [5.74, 6) is 0.414. The molecule has 3 N–H and O–H groups in total. The van der Waals surface area contributed by atoms with Gasteiger partial charge in [-0.25, -0.2) is 0 Å². The minimum Gasteiger partial charge on any atom is -0.379 e. The summed E-state index contributed by atoms with van der Waals surface area (Å²) in [6, 6.07) is 6.19. The Morgan fingerprint density at radius 1 is 1.30 bits per heavy atom. The van der Waals surface area contributed by atoms with Gasteiger partial charge < -0.3 is 15.8 Å². The van der Waals surface area contributed by atoms with Gasteiger partial charge in [-0.2, -0.15) is 0 Å². The summed E-state index contributed by atoms with van der Waals surface area (Å²) in [7, 11) is 0. The Hall–Kier alpha value is -1.08. The van der Waals surface area contributed by atoms with Crippen molar-refractivity contribution in [3.63, 3.8) is 0 Å². The summed E-state index contributed by atoms with van der Waals surface area (Å²) in [4.78, 5) is 4.21. The summed E-state index contributed by atoms with van der Waals surface area (Å²) >= 11 is 0. The fraction of sp³-hybridized carbons (Fsp3) is 0.400. The standard InChI is InChI=1S/C15H23N3O.HI/c1-4-5-7-19-8-6-17-15(16)18-14-10-12(2)9-13(3)11-14;/h4,9-11H,1,5-8H2,2-3H3,(H3,16,17,18);1H. The number of nitrogens with one attached hydrogen (secondary N) is 1. The second-order valence-corrected chi connectivity index (χ2v) is 4.46. The zero-order valence-electron chi connectivity index (χ0n) is 12.2. The van der Waals surface area contributed by atoms with Crippen LogP contribution >= 0.6 is 24.0 Å². The summed E-state index contributed by atoms with van der Waals surface area (Å²) in [6.45, 7) is 9.55. The second kappa shape index (κ2) is 10.7. The predicted octanol–water partition coefficient (Wildman–Crippen LogP) is 3.24. The highest BCUT2D eigenvalue weighted by atomic mass is 127. The molecule has 0 amide bonds. The van der Waals surface area contributed by atoms with Crippen LogP contribution in [0.15, 0.2) is 35.8 Å². The summed E-state index contributed by atoms with van der Waals surface area (Å²) in [6.07, 6.45) is 2.69. The monoisotopic (exact) mass is 389 g/mol. The molecule has 1 aromatic carbocycles. The van der Waals surface area contributed by atoms with Crippen molar-refractivity contribution in [1.29, 1.82) is 0 Å². The van der Waals surface area contributed by atoms with E-state index in [4.69, 9.17) is 10.5 Å². The first-order valence-corrected chi connectivity index (χ1v) is 6.45. The van der Waals surface area contributed by atoms with Crippen LogP contribution in [0.1, 0.15) is 17.5 Å². The highest BCUT2D eigenvalue weighted by Crippen LogP contribution is 2.13. The second-order valence-electron chi connectivity index (χ2n) is 4.46. The van der Waals surface area contributed by atoms with Crippen molar-refractivity contribution in [3.05, 3.63) is 42.0 Å². The Morgan fingerprint density at radius 2 is 1.95 bits per heavy atom. The first kappa shape index (κ1) is 18.9. The van der Waals surface area contributed by atoms with E-state index in [2.05, 4.69) is 36.8 Å². The molecule has 0 aliphatic heterocycles. The maximum atomic E-state index is 5.81. The lowest BCUT2D eigenvalue weighted by molar-refractivity contribution is 0.146. The van der Waals surface area contributed by atoms with Crippen LogP contribution in [0.3, 0.4) is 0 Å². The maximum absolute atomic E-state index is 5.81. The number of hydrogen-bond donors (Lipinski definition) is 2. The lowest BCUT2D eigenvalue weighted by Gasteiger charge is -2.08. The van der Waals surface area contributed by atoms with Gasteiger partial charge in [0.25, 0.3) is 0 Å². The maximum Gasteiger partial charge on any atom is 0.193 e. The smallest absolute Gasteiger partial charge is 0.193 e. The Labute approximate surface area is 138 Å². The molecule has 1 aromatic rings. The number of hydrogen-bond acceptors (Lipinski definition) is 2. The molecule has 0 radical (unpaired) electrons. The van der Waals surface area contributed by atoms with Crippen LogP contribution in [0, 0.1) is 13.8 Å². The molecule has 0 spiro atoms. The number of rotatable bonds is 7. The van der Waals surface area contributed by atoms with Crippen molar-refractivity contribution in [2.24, 2.45) is 10.7 Å². The van der Waals surface area contributed by atoms with Gasteiger partial charge in [0.15, 0.2) is 5.96 Å². The van der Waals surface area contributed by atoms with Crippen LogP contribution in [-0.2, 0) is 4.74 Å². The lowest BCUT2D eigenvalue weighted by atomic mass is 10.1. The first-order valence-electron chi connectivity index (χ1n) is 6.45. The third-order valence-corrected chi connectivity index (χ3v) is 2.48. The molecule has 112 valence electrons. The van der Waals surface area contributed by atoms with Gasteiger partial charge >= 0.3 is 0 Å². The minimum atomic E-state index is 0. The lowest BCUT2D eigenvalue weighted by Crippen LogP contribution is -2.23. The molecule has 0 saturated carbocycles. The van der Waals surface area contributed by atoms with E-state index in [1.807, 2.05) is 18.2 Å². The number of guanidine groups is 1. The van der Waals surface area contributed by atoms with Crippen molar-refractivity contribution >= 4 is 35.6 Å². The largest absolute Gasteiger partial charge is 0.379 e. The normalized spacial score (nSPS) is 10.8. The molecule has 0 heterocycles. The van der Waals surface area contributed by atoms with Crippen molar-refractivity contribution < 1.29 is 4.74 Å². The fourth-order valence-electron chi connectivity index (χ4n) is 1.73. The Kier molecular flexibility index (Phi) is 10.1. The third-order valence-electron chi connectivity index (χ3n) is 2.48. The number of aliphatic imine (C=N–C) groups is 1. The van der Waals surface area contributed by atoms with Crippen molar-refractivity contribution in [2.45, 2.75) is 20.3 Å². The SMILES string of the molecule is C=CCCOCCN=C(N)Nc1cc(C)cc(C)c1.I. The van der Waals surface area contributed by atoms with E-state index in [0.29, 0.717) is 25.7 Å². The van der Waals surface area contributed by atoms with Crippen LogP contribution in [0.4, 0.5) is 5.69 Å². The number of halogens is 1. The van der Waals surface area contributed by atoms with Crippen LogP contribution < -0.4 is 11.1 Å². The molecule has 0 aliphatic carbocycles. The molecule has 1 rings (SSSR count). The zero-order chi connectivity index (χ0) is 14.1. The molecule has 0 saturated heterocycles. The van der Waals surface area contributed by atoms with Gasteiger partial charge in [0.1, 0.15) is 0 Å². The molecular formula is C15H24IN3O. The van der Waals surface area contributed by atoms with E-state index in [1.165, 1.54) is 11.1 Å². The molecule has 0 bridgehead atoms. The highest BCUT2D eigenvalue weighted by molar-refractivity contribution is 14.0.